The van der Waals surface area contributed by atoms with Crippen LogP contribution in [0.15, 0.2) is 36.7 Å². The van der Waals surface area contributed by atoms with Crippen molar-refractivity contribution in [2.45, 2.75) is 20.8 Å². The Morgan fingerprint density at radius 3 is 2.00 bits per heavy atom. The Hall–Kier alpha value is -2.36. The highest BCUT2D eigenvalue weighted by atomic mass is 16.5. The largest absolute Gasteiger partial charge is 0.494 e. The van der Waals surface area contributed by atoms with Crippen molar-refractivity contribution in [2.24, 2.45) is 0 Å². The van der Waals surface area contributed by atoms with Gasteiger partial charge in [-0.3, -0.25) is 0 Å². The summed E-state index contributed by atoms with van der Waals surface area (Å²) in [5.41, 5.74) is 3.48. The van der Waals surface area contributed by atoms with E-state index in [1.807, 2.05) is 31.5 Å². The van der Waals surface area contributed by atoms with E-state index in [1.165, 1.54) is 11.4 Å². The SMILES string of the molecule is CCOc1ccc(-n2c(C)c3cnncc3c2C)cc1. The van der Waals surface area contributed by atoms with Crippen LogP contribution >= 0.6 is 0 Å². The van der Waals surface area contributed by atoms with Gasteiger partial charge in [-0.05, 0) is 45.0 Å². The van der Waals surface area contributed by atoms with Gasteiger partial charge in [0.15, 0.2) is 0 Å². The fourth-order valence-corrected chi connectivity index (χ4v) is 2.64. The maximum absolute atomic E-state index is 5.49. The van der Waals surface area contributed by atoms with Crippen molar-refractivity contribution >= 4 is 10.8 Å². The normalized spacial score (nSPS) is 10.9. The van der Waals surface area contributed by atoms with Crippen molar-refractivity contribution in [1.82, 2.24) is 14.8 Å². The van der Waals surface area contributed by atoms with Gasteiger partial charge in [0.1, 0.15) is 5.75 Å². The lowest BCUT2D eigenvalue weighted by molar-refractivity contribution is 0.340. The van der Waals surface area contributed by atoms with E-state index in [1.54, 1.807) is 0 Å². The van der Waals surface area contributed by atoms with Crippen molar-refractivity contribution < 1.29 is 4.74 Å². The number of aryl methyl sites for hydroxylation is 2. The zero-order valence-corrected chi connectivity index (χ0v) is 11.9. The number of hydrogen-bond donors (Lipinski definition) is 0. The molecular formula is C16H17N3O. The molecule has 3 rings (SSSR count). The van der Waals surface area contributed by atoms with Crippen molar-refractivity contribution in [3.8, 4) is 11.4 Å². The molecule has 0 amide bonds. The van der Waals surface area contributed by atoms with Crippen LogP contribution in [0.1, 0.15) is 18.3 Å². The molecule has 102 valence electrons. The van der Waals surface area contributed by atoms with E-state index in [4.69, 9.17) is 4.74 Å². The molecule has 0 aliphatic heterocycles. The van der Waals surface area contributed by atoms with Crippen LogP contribution < -0.4 is 4.74 Å². The van der Waals surface area contributed by atoms with Gasteiger partial charge in [-0.2, -0.15) is 10.2 Å². The number of hydrogen-bond acceptors (Lipinski definition) is 3. The molecule has 0 atom stereocenters. The first-order chi connectivity index (χ1) is 9.72. The van der Waals surface area contributed by atoms with Gasteiger partial charge >= 0.3 is 0 Å². The molecule has 0 bridgehead atoms. The Labute approximate surface area is 118 Å². The second kappa shape index (κ2) is 4.96. The number of ether oxygens (including phenoxy) is 1. The highest BCUT2D eigenvalue weighted by molar-refractivity contribution is 5.87. The van der Waals surface area contributed by atoms with E-state index >= 15 is 0 Å². The van der Waals surface area contributed by atoms with Gasteiger partial charge in [-0.25, -0.2) is 0 Å². The molecule has 0 saturated carbocycles. The predicted molar refractivity (Wildman–Crippen MR) is 79.5 cm³/mol. The first-order valence-electron chi connectivity index (χ1n) is 6.74. The second-order valence-corrected chi connectivity index (χ2v) is 4.75. The van der Waals surface area contributed by atoms with Gasteiger partial charge in [0.05, 0.1) is 19.0 Å². The second-order valence-electron chi connectivity index (χ2n) is 4.75. The molecule has 4 nitrogen and oxygen atoms in total. The molecule has 0 fully saturated rings. The lowest BCUT2D eigenvalue weighted by Crippen LogP contribution is -1.99. The molecule has 1 aromatic carbocycles. The Kier molecular flexibility index (Phi) is 3.14. The summed E-state index contributed by atoms with van der Waals surface area (Å²) >= 11 is 0. The molecule has 0 radical (unpaired) electrons. The molecule has 0 unspecified atom stereocenters. The summed E-state index contributed by atoms with van der Waals surface area (Å²) < 4.78 is 7.71. The fourth-order valence-electron chi connectivity index (χ4n) is 2.64. The maximum Gasteiger partial charge on any atom is 0.119 e. The minimum atomic E-state index is 0.683. The van der Waals surface area contributed by atoms with Crippen LogP contribution in [-0.2, 0) is 0 Å². The van der Waals surface area contributed by atoms with Crippen LogP contribution in [0, 0.1) is 13.8 Å². The molecular weight excluding hydrogens is 250 g/mol. The average molecular weight is 267 g/mol. The monoisotopic (exact) mass is 267 g/mol. The number of nitrogens with zero attached hydrogens (tertiary/aromatic N) is 3. The molecule has 0 N–H and O–H groups in total. The minimum absolute atomic E-state index is 0.683. The lowest BCUT2D eigenvalue weighted by Gasteiger charge is -2.10. The van der Waals surface area contributed by atoms with Crippen LogP contribution in [0.25, 0.3) is 16.5 Å². The zero-order chi connectivity index (χ0) is 14.1. The molecule has 0 aliphatic rings. The fraction of sp³-hybridized carbons (Fsp3) is 0.250. The van der Waals surface area contributed by atoms with Gasteiger partial charge in [-0.1, -0.05) is 0 Å². The van der Waals surface area contributed by atoms with Gasteiger partial charge < -0.3 is 9.30 Å². The standard InChI is InChI=1S/C16H17N3O/c1-4-20-14-7-5-13(6-8-14)19-11(2)15-9-17-18-10-16(15)12(19)3/h5-10H,4H2,1-3H3. The summed E-state index contributed by atoms with van der Waals surface area (Å²) in [5.74, 6) is 0.895. The highest BCUT2D eigenvalue weighted by Gasteiger charge is 2.12. The first kappa shape index (κ1) is 12.7. The molecule has 0 spiro atoms. The van der Waals surface area contributed by atoms with Crippen LogP contribution in [0.3, 0.4) is 0 Å². The molecule has 2 aromatic heterocycles. The van der Waals surface area contributed by atoms with Crippen molar-refractivity contribution in [1.29, 1.82) is 0 Å². The highest BCUT2D eigenvalue weighted by Crippen LogP contribution is 2.28. The third-order valence-electron chi connectivity index (χ3n) is 3.59. The third kappa shape index (κ3) is 1.93. The van der Waals surface area contributed by atoms with E-state index in [2.05, 4.69) is 40.7 Å². The summed E-state index contributed by atoms with van der Waals surface area (Å²) in [5, 5.41) is 10.2. The summed E-state index contributed by atoms with van der Waals surface area (Å²) in [7, 11) is 0. The number of fused-ring (bicyclic) bond motifs is 1. The van der Waals surface area contributed by atoms with Gasteiger partial charge in [-0.15, -0.1) is 0 Å². The predicted octanol–water partition coefficient (Wildman–Crippen LogP) is 3.44. The molecule has 3 aromatic rings. The zero-order valence-electron chi connectivity index (χ0n) is 11.9. The van der Waals surface area contributed by atoms with Crippen molar-refractivity contribution in [3.63, 3.8) is 0 Å². The van der Waals surface area contributed by atoms with Crippen LogP contribution in [0.2, 0.25) is 0 Å². The first-order valence-corrected chi connectivity index (χ1v) is 6.74. The average Bonchev–Trinajstić information content (AvgIpc) is 2.73. The Morgan fingerprint density at radius 2 is 1.50 bits per heavy atom. The quantitative estimate of drug-likeness (QED) is 0.730. The summed E-state index contributed by atoms with van der Waals surface area (Å²) in [6.07, 6.45) is 3.64. The third-order valence-corrected chi connectivity index (χ3v) is 3.59. The summed E-state index contributed by atoms with van der Waals surface area (Å²) in [6, 6.07) is 8.15. The molecule has 20 heavy (non-hydrogen) atoms. The molecule has 4 heteroatoms. The molecule has 2 heterocycles. The Morgan fingerprint density at radius 1 is 0.950 bits per heavy atom. The molecule has 0 saturated heterocycles. The Bertz CT molecular complexity index is 705. The summed E-state index contributed by atoms with van der Waals surface area (Å²) in [6.45, 7) is 6.88. The number of rotatable bonds is 3. The molecule has 0 aliphatic carbocycles. The van der Waals surface area contributed by atoms with E-state index in [0.717, 1.165) is 22.2 Å². The van der Waals surface area contributed by atoms with Crippen LogP contribution in [-0.4, -0.2) is 21.4 Å². The topological polar surface area (TPSA) is 39.9 Å². The van der Waals surface area contributed by atoms with E-state index < -0.39 is 0 Å². The van der Waals surface area contributed by atoms with Crippen LogP contribution in [0.4, 0.5) is 0 Å². The van der Waals surface area contributed by atoms with Gasteiger partial charge in [0.2, 0.25) is 0 Å². The van der Waals surface area contributed by atoms with Crippen molar-refractivity contribution in [3.05, 3.63) is 48.0 Å². The maximum atomic E-state index is 5.49. The number of aromatic nitrogens is 3. The number of benzene rings is 1. The van der Waals surface area contributed by atoms with Crippen LogP contribution in [0.5, 0.6) is 5.75 Å². The lowest BCUT2D eigenvalue weighted by atomic mass is 10.2. The minimum Gasteiger partial charge on any atom is -0.494 e. The van der Waals surface area contributed by atoms with E-state index in [0.29, 0.717) is 6.61 Å². The summed E-state index contributed by atoms with van der Waals surface area (Å²) in [4.78, 5) is 0. The van der Waals surface area contributed by atoms with Crippen molar-refractivity contribution in [2.75, 3.05) is 6.61 Å². The van der Waals surface area contributed by atoms with E-state index in [-0.39, 0.29) is 0 Å². The van der Waals surface area contributed by atoms with Gasteiger partial charge in [0, 0.05) is 27.8 Å². The smallest absolute Gasteiger partial charge is 0.119 e. The van der Waals surface area contributed by atoms with Gasteiger partial charge in [0.25, 0.3) is 0 Å². The van der Waals surface area contributed by atoms with E-state index in [9.17, 15) is 0 Å². The Balaban J connectivity index is 2.14.